The molecular formula is C16H34N2O. The van der Waals surface area contributed by atoms with Crippen molar-refractivity contribution >= 4 is 0 Å². The van der Waals surface area contributed by atoms with Gasteiger partial charge in [-0.1, -0.05) is 12.8 Å². The fourth-order valence-corrected chi connectivity index (χ4v) is 2.77. The lowest BCUT2D eigenvalue weighted by Gasteiger charge is -2.26. The Morgan fingerprint density at radius 3 is 2.42 bits per heavy atom. The SMILES string of the molecule is CC1OCCC1N(C)CCCCCCNC(C)(C)C. The van der Waals surface area contributed by atoms with E-state index in [1.807, 2.05) is 0 Å². The zero-order valence-electron chi connectivity index (χ0n) is 13.7. The number of likely N-dealkylation sites (N-methyl/N-ethyl adjacent to an activating group) is 1. The maximum Gasteiger partial charge on any atom is 0.0702 e. The molecule has 1 N–H and O–H groups in total. The van der Waals surface area contributed by atoms with Gasteiger partial charge in [-0.3, -0.25) is 0 Å². The van der Waals surface area contributed by atoms with Gasteiger partial charge in [0.15, 0.2) is 0 Å². The molecule has 1 saturated heterocycles. The van der Waals surface area contributed by atoms with Crippen molar-refractivity contribution in [2.75, 3.05) is 26.7 Å². The van der Waals surface area contributed by atoms with E-state index in [0.717, 1.165) is 13.2 Å². The Bertz CT molecular complexity index is 237. The minimum atomic E-state index is 0.263. The van der Waals surface area contributed by atoms with Gasteiger partial charge in [-0.25, -0.2) is 0 Å². The summed E-state index contributed by atoms with van der Waals surface area (Å²) < 4.78 is 5.63. The maximum atomic E-state index is 5.63. The van der Waals surface area contributed by atoms with Crippen LogP contribution in [0, 0.1) is 0 Å². The number of nitrogens with one attached hydrogen (secondary N) is 1. The van der Waals surface area contributed by atoms with Gasteiger partial charge in [0.25, 0.3) is 0 Å². The van der Waals surface area contributed by atoms with Gasteiger partial charge < -0.3 is 15.0 Å². The molecule has 114 valence electrons. The number of unbranched alkanes of at least 4 members (excludes halogenated alkanes) is 3. The van der Waals surface area contributed by atoms with E-state index >= 15 is 0 Å². The molecule has 0 aromatic carbocycles. The lowest BCUT2D eigenvalue weighted by molar-refractivity contribution is 0.0831. The van der Waals surface area contributed by atoms with E-state index < -0.39 is 0 Å². The van der Waals surface area contributed by atoms with Crippen LogP contribution in [0.2, 0.25) is 0 Å². The van der Waals surface area contributed by atoms with Gasteiger partial charge >= 0.3 is 0 Å². The number of ether oxygens (including phenoxy) is 1. The quantitative estimate of drug-likeness (QED) is 0.686. The van der Waals surface area contributed by atoms with Crippen LogP contribution in [0.25, 0.3) is 0 Å². The molecule has 0 bridgehead atoms. The van der Waals surface area contributed by atoms with Gasteiger partial charge in [0.2, 0.25) is 0 Å². The van der Waals surface area contributed by atoms with Crippen molar-refractivity contribution in [1.29, 1.82) is 0 Å². The fourth-order valence-electron chi connectivity index (χ4n) is 2.77. The Morgan fingerprint density at radius 2 is 1.84 bits per heavy atom. The van der Waals surface area contributed by atoms with E-state index in [-0.39, 0.29) is 5.54 Å². The van der Waals surface area contributed by atoms with E-state index in [9.17, 15) is 0 Å². The zero-order valence-corrected chi connectivity index (χ0v) is 13.7. The molecule has 3 heteroatoms. The summed E-state index contributed by atoms with van der Waals surface area (Å²) in [5.74, 6) is 0. The third-order valence-electron chi connectivity index (χ3n) is 4.00. The zero-order chi connectivity index (χ0) is 14.3. The molecule has 0 radical (unpaired) electrons. The Morgan fingerprint density at radius 1 is 1.16 bits per heavy atom. The van der Waals surface area contributed by atoms with Crippen LogP contribution < -0.4 is 5.32 Å². The highest BCUT2D eigenvalue weighted by Crippen LogP contribution is 2.18. The van der Waals surface area contributed by atoms with Crippen molar-refractivity contribution in [3.63, 3.8) is 0 Å². The largest absolute Gasteiger partial charge is 0.377 e. The second kappa shape index (κ2) is 8.23. The predicted octanol–water partition coefficient (Wildman–Crippen LogP) is 3.04. The van der Waals surface area contributed by atoms with E-state index in [1.54, 1.807) is 0 Å². The lowest BCUT2D eigenvalue weighted by atomic mass is 10.1. The summed E-state index contributed by atoms with van der Waals surface area (Å²) in [6.07, 6.45) is 6.92. The summed E-state index contributed by atoms with van der Waals surface area (Å²) in [6, 6.07) is 0.641. The molecule has 0 aliphatic carbocycles. The molecule has 2 unspecified atom stereocenters. The molecule has 1 heterocycles. The Balaban J connectivity index is 1.96. The van der Waals surface area contributed by atoms with Crippen LogP contribution in [-0.4, -0.2) is 49.3 Å². The number of hydrogen-bond acceptors (Lipinski definition) is 3. The minimum Gasteiger partial charge on any atom is -0.377 e. The van der Waals surface area contributed by atoms with Crippen molar-refractivity contribution in [3.8, 4) is 0 Å². The molecule has 2 atom stereocenters. The smallest absolute Gasteiger partial charge is 0.0702 e. The Hall–Kier alpha value is -0.120. The van der Waals surface area contributed by atoms with E-state index in [4.69, 9.17) is 4.74 Å². The van der Waals surface area contributed by atoms with Crippen LogP contribution in [0.4, 0.5) is 0 Å². The maximum absolute atomic E-state index is 5.63. The standard InChI is InChI=1S/C16H34N2O/c1-14-15(10-13-19-14)18(5)12-9-7-6-8-11-17-16(2,3)4/h14-15,17H,6-13H2,1-5H3. The van der Waals surface area contributed by atoms with Gasteiger partial charge in [-0.2, -0.15) is 0 Å². The number of nitrogens with zero attached hydrogens (tertiary/aromatic N) is 1. The average Bonchev–Trinajstić information content (AvgIpc) is 2.72. The summed E-state index contributed by atoms with van der Waals surface area (Å²) >= 11 is 0. The molecule has 0 amide bonds. The molecule has 1 fully saturated rings. The van der Waals surface area contributed by atoms with Crippen molar-refractivity contribution in [2.45, 2.75) is 77.5 Å². The summed E-state index contributed by atoms with van der Waals surface area (Å²) in [5, 5.41) is 3.55. The van der Waals surface area contributed by atoms with Crippen LogP contribution in [-0.2, 0) is 4.74 Å². The third-order valence-corrected chi connectivity index (χ3v) is 4.00. The summed E-state index contributed by atoms with van der Waals surface area (Å²) in [7, 11) is 2.25. The third kappa shape index (κ3) is 7.28. The highest BCUT2D eigenvalue weighted by Gasteiger charge is 2.27. The summed E-state index contributed by atoms with van der Waals surface area (Å²) in [4.78, 5) is 2.49. The van der Waals surface area contributed by atoms with Gasteiger partial charge in [-0.15, -0.1) is 0 Å². The number of hydrogen-bond donors (Lipinski definition) is 1. The van der Waals surface area contributed by atoms with Crippen molar-refractivity contribution in [2.24, 2.45) is 0 Å². The molecule has 0 aromatic rings. The first-order valence-electron chi connectivity index (χ1n) is 7.97. The first-order chi connectivity index (χ1) is 8.90. The van der Waals surface area contributed by atoms with Crippen molar-refractivity contribution in [3.05, 3.63) is 0 Å². The van der Waals surface area contributed by atoms with Crippen LogP contribution >= 0.6 is 0 Å². The van der Waals surface area contributed by atoms with E-state index in [2.05, 4.69) is 45.0 Å². The molecule has 1 rings (SSSR count). The second-order valence-corrected chi connectivity index (χ2v) is 7.00. The van der Waals surface area contributed by atoms with Crippen LogP contribution in [0.5, 0.6) is 0 Å². The van der Waals surface area contributed by atoms with Gasteiger partial charge in [0.05, 0.1) is 6.10 Å². The molecular weight excluding hydrogens is 236 g/mol. The first-order valence-corrected chi connectivity index (χ1v) is 7.97. The minimum absolute atomic E-state index is 0.263. The fraction of sp³-hybridized carbons (Fsp3) is 1.00. The normalized spacial score (nSPS) is 24.3. The summed E-state index contributed by atoms with van der Waals surface area (Å²) in [5.41, 5.74) is 0.263. The molecule has 1 aliphatic heterocycles. The lowest BCUT2D eigenvalue weighted by Crippen LogP contribution is -2.37. The monoisotopic (exact) mass is 270 g/mol. The summed E-state index contributed by atoms with van der Waals surface area (Å²) in [6.45, 7) is 12.2. The second-order valence-electron chi connectivity index (χ2n) is 7.00. The Kier molecular flexibility index (Phi) is 7.33. The molecule has 0 aromatic heterocycles. The van der Waals surface area contributed by atoms with Gasteiger partial charge in [0, 0.05) is 18.2 Å². The first kappa shape index (κ1) is 16.9. The molecule has 0 spiro atoms. The highest BCUT2D eigenvalue weighted by molar-refractivity contribution is 4.80. The average molecular weight is 270 g/mol. The van der Waals surface area contributed by atoms with Crippen LogP contribution in [0.3, 0.4) is 0 Å². The van der Waals surface area contributed by atoms with E-state index in [0.29, 0.717) is 12.1 Å². The molecule has 1 aliphatic rings. The van der Waals surface area contributed by atoms with Gasteiger partial charge in [0.1, 0.15) is 0 Å². The van der Waals surface area contributed by atoms with Crippen molar-refractivity contribution in [1.82, 2.24) is 10.2 Å². The highest BCUT2D eigenvalue weighted by atomic mass is 16.5. The molecule has 3 nitrogen and oxygen atoms in total. The van der Waals surface area contributed by atoms with Crippen LogP contribution in [0.15, 0.2) is 0 Å². The van der Waals surface area contributed by atoms with E-state index in [1.165, 1.54) is 38.6 Å². The Labute approximate surface area is 120 Å². The molecule has 0 saturated carbocycles. The topological polar surface area (TPSA) is 24.5 Å². The molecule has 19 heavy (non-hydrogen) atoms. The van der Waals surface area contributed by atoms with Gasteiger partial charge in [-0.05, 0) is 67.1 Å². The van der Waals surface area contributed by atoms with Crippen LogP contribution in [0.1, 0.15) is 59.8 Å². The van der Waals surface area contributed by atoms with Crippen molar-refractivity contribution < 1.29 is 4.74 Å². The predicted molar refractivity (Wildman–Crippen MR) is 82.7 cm³/mol. The number of rotatable bonds is 8.